The molecule has 3 heterocycles. The second-order valence-electron chi connectivity index (χ2n) is 7.71. The first kappa shape index (κ1) is 22.6. The van der Waals surface area contributed by atoms with Gasteiger partial charge in [-0.25, -0.2) is 9.97 Å². The van der Waals surface area contributed by atoms with E-state index >= 15 is 0 Å². The molecule has 0 spiro atoms. The lowest BCUT2D eigenvalue weighted by Gasteiger charge is -2.11. The van der Waals surface area contributed by atoms with Crippen LogP contribution in [-0.4, -0.2) is 35.7 Å². The number of allylic oxidation sites excluding steroid dienone is 1. The molecule has 1 aromatic carbocycles. The van der Waals surface area contributed by atoms with Crippen LogP contribution in [0.1, 0.15) is 31.2 Å². The minimum absolute atomic E-state index is 0.0243. The number of fused-ring (bicyclic) bond motifs is 1. The highest BCUT2D eigenvalue weighted by molar-refractivity contribution is 7.14. The van der Waals surface area contributed by atoms with Gasteiger partial charge in [0.15, 0.2) is 0 Å². The van der Waals surface area contributed by atoms with Gasteiger partial charge in [0.25, 0.3) is 5.91 Å². The van der Waals surface area contributed by atoms with Gasteiger partial charge in [-0.3, -0.25) is 9.79 Å². The number of hydrogen-bond donors (Lipinski definition) is 4. The molecule has 0 fully saturated rings. The summed E-state index contributed by atoms with van der Waals surface area (Å²) in [5, 5.41) is 9.45. The van der Waals surface area contributed by atoms with Gasteiger partial charge >= 0.3 is 0 Å². The second-order valence-corrected chi connectivity index (χ2v) is 8.85. The van der Waals surface area contributed by atoms with Crippen molar-refractivity contribution in [3.05, 3.63) is 74.9 Å². The summed E-state index contributed by atoms with van der Waals surface area (Å²) in [4.78, 5) is 27.5. The quantitative estimate of drug-likeness (QED) is 0.402. The molecule has 5 N–H and O–H groups in total. The van der Waals surface area contributed by atoms with E-state index in [0.717, 1.165) is 46.8 Å². The number of carbonyl (C=O) groups excluding carboxylic acids is 1. The number of nitrogens with zero attached hydrogens (tertiary/aromatic N) is 3. The Balaban J connectivity index is 1.43. The molecule has 170 valence electrons. The van der Waals surface area contributed by atoms with E-state index < -0.39 is 0 Å². The average Bonchev–Trinajstić information content (AvgIpc) is 3.27. The SMILES string of the molecule is CN=CC(=CN)Nc1nccc(-c2ccc(CNC(=O)c3cc4c(s3)CCNC4)c(C)c2)n1. The van der Waals surface area contributed by atoms with Crippen LogP contribution in [0, 0.1) is 6.92 Å². The number of thiophene rings is 1. The molecule has 0 atom stereocenters. The fourth-order valence-electron chi connectivity index (χ4n) is 3.65. The van der Waals surface area contributed by atoms with Crippen molar-refractivity contribution in [1.82, 2.24) is 20.6 Å². The van der Waals surface area contributed by atoms with Crippen LogP contribution in [-0.2, 0) is 19.5 Å². The molecule has 0 radical (unpaired) electrons. The molecule has 9 heteroatoms. The first-order valence-corrected chi connectivity index (χ1v) is 11.5. The third-order valence-corrected chi connectivity index (χ3v) is 6.64. The molecule has 0 unspecified atom stereocenters. The van der Waals surface area contributed by atoms with Crippen molar-refractivity contribution in [1.29, 1.82) is 0 Å². The summed E-state index contributed by atoms with van der Waals surface area (Å²) < 4.78 is 0. The number of anilines is 1. The normalized spacial score (nSPS) is 13.7. The summed E-state index contributed by atoms with van der Waals surface area (Å²) in [5.74, 6) is 0.413. The Morgan fingerprint density at radius 1 is 1.33 bits per heavy atom. The van der Waals surface area contributed by atoms with Crippen LogP contribution in [0.25, 0.3) is 11.3 Å². The lowest BCUT2D eigenvalue weighted by atomic mass is 10.0. The van der Waals surface area contributed by atoms with Gasteiger partial charge in [0.05, 0.1) is 16.3 Å². The smallest absolute Gasteiger partial charge is 0.261 e. The highest BCUT2D eigenvalue weighted by Gasteiger charge is 2.17. The van der Waals surface area contributed by atoms with Crippen LogP contribution in [0.15, 0.2) is 53.4 Å². The molecule has 0 saturated heterocycles. The van der Waals surface area contributed by atoms with Gasteiger partial charge in [-0.2, -0.15) is 0 Å². The van der Waals surface area contributed by atoms with Crippen LogP contribution < -0.4 is 21.7 Å². The molecule has 2 aromatic heterocycles. The number of amides is 1. The zero-order valence-electron chi connectivity index (χ0n) is 18.7. The monoisotopic (exact) mass is 461 g/mol. The Hall–Kier alpha value is -3.56. The van der Waals surface area contributed by atoms with Crippen LogP contribution >= 0.6 is 11.3 Å². The van der Waals surface area contributed by atoms with E-state index in [0.29, 0.717) is 18.2 Å². The zero-order valence-corrected chi connectivity index (χ0v) is 19.5. The number of aromatic nitrogens is 2. The van der Waals surface area contributed by atoms with Crippen LogP contribution in [0.3, 0.4) is 0 Å². The number of nitrogens with one attached hydrogen (secondary N) is 3. The predicted molar refractivity (Wildman–Crippen MR) is 133 cm³/mol. The third kappa shape index (κ3) is 5.44. The largest absolute Gasteiger partial charge is 0.403 e. The summed E-state index contributed by atoms with van der Waals surface area (Å²) in [5.41, 5.74) is 11.4. The zero-order chi connectivity index (χ0) is 23.2. The number of nitrogens with two attached hydrogens (primary N) is 1. The molecule has 8 nitrogen and oxygen atoms in total. The Morgan fingerprint density at radius 3 is 2.97 bits per heavy atom. The van der Waals surface area contributed by atoms with Gasteiger partial charge in [0.1, 0.15) is 0 Å². The minimum Gasteiger partial charge on any atom is -0.403 e. The molecule has 4 rings (SSSR count). The van der Waals surface area contributed by atoms with E-state index in [-0.39, 0.29) is 5.91 Å². The highest BCUT2D eigenvalue weighted by atomic mass is 32.1. The van der Waals surface area contributed by atoms with Crippen LogP contribution in [0.5, 0.6) is 0 Å². The minimum atomic E-state index is -0.0243. The highest BCUT2D eigenvalue weighted by Crippen LogP contribution is 2.26. The van der Waals surface area contributed by atoms with Gasteiger partial charge in [-0.1, -0.05) is 12.1 Å². The van der Waals surface area contributed by atoms with E-state index in [4.69, 9.17) is 5.73 Å². The molecular weight excluding hydrogens is 434 g/mol. The Morgan fingerprint density at radius 2 is 2.21 bits per heavy atom. The van der Waals surface area contributed by atoms with Crippen molar-refractivity contribution >= 4 is 29.4 Å². The maximum absolute atomic E-state index is 12.7. The van der Waals surface area contributed by atoms with Crippen molar-refractivity contribution in [2.45, 2.75) is 26.4 Å². The number of aryl methyl sites for hydroxylation is 1. The van der Waals surface area contributed by atoms with E-state index in [1.54, 1.807) is 30.8 Å². The summed E-state index contributed by atoms with van der Waals surface area (Å²) in [6.45, 7) is 4.33. The lowest BCUT2D eigenvalue weighted by Crippen LogP contribution is -2.22. The maximum Gasteiger partial charge on any atom is 0.261 e. The fraction of sp³-hybridized carbons (Fsp3) is 0.250. The lowest BCUT2D eigenvalue weighted by molar-refractivity contribution is 0.0955. The first-order chi connectivity index (χ1) is 16.1. The first-order valence-electron chi connectivity index (χ1n) is 10.7. The number of hydrogen-bond acceptors (Lipinski definition) is 8. The molecule has 3 aromatic rings. The summed E-state index contributed by atoms with van der Waals surface area (Å²) >= 11 is 1.60. The van der Waals surface area contributed by atoms with E-state index in [1.165, 1.54) is 16.6 Å². The topological polar surface area (TPSA) is 117 Å². The number of carbonyl (C=O) groups is 1. The van der Waals surface area contributed by atoms with Gasteiger partial charge in [0, 0.05) is 55.7 Å². The molecule has 1 amide bonds. The summed E-state index contributed by atoms with van der Waals surface area (Å²) in [6, 6.07) is 9.96. The summed E-state index contributed by atoms with van der Waals surface area (Å²) in [6.07, 6.45) is 5.70. The number of benzene rings is 1. The van der Waals surface area contributed by atoms with E-state index in [2.05, 4.69) is 37.0 Å². The fourth-order valence-corrected chi connectivity index (χ4v) is 4.74. The predicted octanol–water partition coefficient (Wildman–Crippen LogP) is 3.00. The average molecular weight is 462 g/mol. The number of aliphatic imine (C=N–C) groups is 1. The van der Waals surface area contributed by atoms with Crippen LogP contribution in [0.4, 0.5) is 5.95 Å². The molecule has 0 bridgehead atoms. The molecule has 0 saturated carbocycles. The van der Waals surface area contributed by atoms with Crippen LogP contribution in [0.2, 0.25) is 0 Å². The Bertz CT molecular complexity index is 1190. The van der Waals surface area contributed by atoms with Gasteiger partial charge in [-0.05, 0) is 48.2 Å². The van der Waals surface area contributed by atoms with Crippen molar-refractivity contribution in [2.75, 3.05) is 18.9 Å². The van der Waals surface area contributed by atoms with E-state index in [1.807, 2.05) is 31.2 Å². The van der Waals surface area contributed by atoms with Crippen molar-refractivity contribution < 1.29 is 4.79 Å². The van der Waals surface area contributed by atoms with Gasteiger partial charge in [0.2, 0.25) is 5.95 Å². The Labute approximate surface area is 197 Å². The molecule has 33 heavy (non-hydrogen) atoms. The molecule has 0 aliphatic carbocycles. The molecular formula is C24H27N7OS. The third-order valence-electron chi connectivity index (χ3n) is 5.40. The van der Waals surface area contributed by atoms with E-state index in [9.17, 15) is 4.79 Å². The van der Waals surface area contributed by atoms with Gasteiger partial charge < -0.3 is 21.7 Å². The van der Waals surface area contributed by atoms with Crippen molar-refractivity contribution in [2.24, 2.45) is 10.7 Å². The maximum atomic E-state index is 12.7. The standard InChI is InChI=1S/C24H27N7OS/c1-15-9-16(20-5-8-28-24(31-20)30-19(11-25)14-26-2)3-4-17(15)13-29-23(32)22-10-18-12-27-7-6-21(18)33-22/h3-5,8-11,14,27H,6-7,12-13,25H2,1-2H3,(H,29,32)(H,28,30,31). The Kier molecular flexibility index (Phi) is 7.11. The van der Waals surface area contributed by atoms with Gasteiger partial charge in [-0.15, -0.1) is 11.3 Å². The summed E-state index contributed by atoms with van der Waals surface area (Å²) in [7, 11) is 1.67. The number of rotatable bonds is 7. The van der Waals surface area contributed by atoms with Crippen molar-refractivity contribution in [3.63, 3.8) is 0 Å². The molecule has 1 aliphatic rings. The molecule has 1 aliphatic heterocycles. The van der Waals surface area contributed by atoms with Crippen molar-refractivity contribution in [3.8, 4) is 11.3 Å². The second kappa shape index (κ2) is 10.4.